The molecule has 584 valence electrons. The van der Waals surface area contributed by atoms with Crippen LogP contribution >= 0.6 is 7.82 Å². The number of hydrogen-bond acceptors (Lipinski definition) is 8. The van der Waals surface area contributed by atoms with E-state index < -0.39 is 26.5 Å². The van der Waals surface area contributed by atoms with Crippen LogP contribution in [0.4, 0.5) is 0 Å². The summed E-state index contributed by atoms with van der Waals surface area (Å²) in [5.41, 5.74) is 0. The molecule has 0 bridgehead atoms. The highest BCUT2D eigenvalue weighted by Gasteiger charge is 2.22. The molecule has 0 aromatic heterocycles. The van der Waals surface area contributed by atoms with Crippen molar-refractivity contribution in [2.45, 2.75) is 431 Å². The van der Waals surface area contributed by atoms with Gasteiger partial charge in [0, 0.05) is 12.8 Å². The van der Waals surface area contributed by atoms with Crippen molar-refractivity contribution < 1.29 is 42.1 Å². The summed E-state index contributed by atoms with van der Waals surface area (Å²) in [7, 11) is 1.19. The average Bonchev–Trinajstić information content (AvgIpc) is 1.65. The van der Waals surface area contributed by atoms with Crippen molar-refractivity contribution in [1.82, 2.24) is 0 Å². The summed E-state index contributed by atoms with van der Waals surface area (Å²) in [5, 5.41) is 0. The molecule has 0 radical (unpaired) electrons. The van der Waals surface area contributed by atoms with Crippen LogP contribution in [0.5, 0.6) is 0 Å². The number of nitrogens with zero attached hydrogens (tertiary/aromatic N) is 1. The third kappa shape index (κ3) is 84.1. The maximum Gasteiger partial charge on any atom is 0.306 e. The average molecular weight is 1420 g/mol. The highest BCUT2D eigenvalue weighted by Crippen LogP contribution is 2.38. The molecule has 0 aromatic carbocycles. The Bertz CT molecular complexity index is 1970. The first-order valence-corrected chi connectivity index (χ1v) is 44.8. The van der Waals surface area contributed by atoms with Crippen LogP contribution in [0.1, 0.15) is 425 Å². The van der Waals surface area contributed by atoms with Gasteiger partial charge in [0.05, 0.1) is 27.7 Å². The van der Waals surface area contributed by atoms with Crippen LogP contribution in [0.2, 0.25) is 0 Å². The van der Waals surface area contributed by atoms with E-state index in [0.29, 0.717) is 17.4 Å². The fourth-order valence-corrected chi connectivity index (χ4v) is 13.6. The highest BCUT2D eigenvalue weighted by molar-refractivity contribution is 7.45. The second-order valence-corrected chi connectivity index (χ2v) is 31.9. The Hall–Kier alpha value is -2.81. The van der Waals surface area contributed by atoms with E-state index in [1.165, 1.54) is 321 Å². The van der Waals surface area contributed by atoms with Gasteiger partial charge in [0.1, 0.15) is 19.8 Å². The fraction of sp³-hybridized carbons (Fsp3) is 0.822. The first-order valence-electron chi connectivity index (χ1n) is 43.3. The Labute approximate surface area is 621 Å². The number of esters is 2. The van der Waals surface area contributed by atoms with Gasteiger partial charge < -0.3 is 27.9 Å². The number of likely N-dealkylation sites (N-methyl/N-ethyl adjacent to an activating group) is 1. The van der Waals surface area contributed by atoms with Crippen molar-refractivity contribution in [3.05, 3.63) is 85.1 Å². The largest absolute Gasteiger partial charge is 0.756 e. The number of phosphoric ester groups is 1. The van der Waals surface area contributed by atoms with E-state index in [9.17, 15) is 19.0 Å². The molecule has 0 saturated carbocycles. The first kappa shape index (κ1) is 97.2. The van der Waals surface area contributed by atoms with E-state index in [2.05, 4.69) is 98.9 Å². The molecular formula is C90H166NO8P. The van der Waals surface area contributed by atoms with E-state index >= 15 is 0 Å². The van der Waals surface area contributed by atoms with Gasteiger partial charge in [-0.2, -0.15) is 0 Å². The number of rotatable bonds is 81. The minimum absolute atomic E-state index is 0.0291. The maximum atomic E-state index is 12.9. The van der Waals surface area contributed by atoms with Gasteiger partial charge in [-0.1, -0.05) is 407 Å². The number of ether oxygens (including phenoxy) is 2. The topological polar surface area (TPSA) is 111 Å². The lowest BCUT2D eigenvalue weighted by molar-refractivity contribution is -0.870. The summed E-state index contributed by atoms with van der Waals surface area (Å²) in [5.74, 6) is -0.810. The molecule has 0 heterocycles. The predicted octanol–water partition coefficient (Wildman–Crippen LogP) is 28.5. The molecule has 0 rings (SSSR count). The fourth-order valence-electron chi connectivity index (χ4n) is 12.8. The Kier molecular flexibility index (Phi) is 78.0. The Morgan fingerprint density at radius 3 is 0.850 bits per heavy atom. The molecule has 2 unspecified atom stereocenters. The molecule has 9 nitrogen and oxygen atoms in total. The van der Waals surface area contributed by atoms with Crippen molar-refractivity contribution in [2.24, 2.45) is 0 Å². The summed E-state index contributed by atoms with van der Waals surface area (Å²) in [6, 6.07) is 0. The molecule has 0 aliphatic rings. The van der Waals surface area contributed by atoms with E-state index in [-0.39, 0.29) is 32.0 Å². The number of unbranched alkanes of at least 4 members (excludes halogenated alkanes) is 53. The van der Waals surface area contributed by atoms with Gasteiger partial charge >= 0.3 is 11.9 Å². The molecule has 0 spiro atoms. The molecule has 0 fully saturated rings. The van der Waals surface area contributed by atoms with E-state index in [1.54, 1.807) is 0 Å². The zero-order chi connectivity index (χ0) is 72.5. The smallest absolute Gasteiger partial charge is 0.306 e. The lowest BCUT2D eigenvalue weighted by Crippen LogP contribution is -2.37. The van der Waals surface area contributed by atoms with Crippen molar-refractivity contribution in [3.8, 4) is 0 Å². The number of carbonyl (C=O) groups excluding carboxylic acids is 2. The molecule has 10 heteroatoms. The van der Waals surface area contributed by atoms with Crippen LogP contribution in [0.3, 0.4) is 0 Å². The van der Waals surface area contributed by atoms with Crippen molar-refractivity contribution >= 4 is 19.8 Å². The second-order valence-electron chi connectivity index (χ2n) is 30.5. The van der Waals surface area contributed by atoms with Crippen LogP contribution in [0.15, 0.2) is 85.1 Å². The van der Waals surface area contributed by atoms with E-state index in [0.717, 1.165) is 70.6 Å². The highest BCUT2D eigenvalue weighted by atomic mass is 31.2. The molecule has 100 heavy (non-hydrogen) atoms. The number of carbonyl (C=O) groups is 2. The Morgan fingerprint density at radius 1 is 0.320 bits per heavy atom. The minimum Gasteiger partial charge on any atom is -0.756 e. The van der Waals surface area contributed by atoms with Crippen LogP contribution in [0.25, 0.3) is 0 Å². The van der Waals surface area contributed by atoms with Gasteiger partial charge in [-0.15, -0.1) is 0 Å². The number of quaternary nitrogens is 1. The van der Waals surface area contributed by atoms with Crippen LogP contribution in [0, 0.1) is 0 Å². The lowest BCUT2D eigenvalue weighted by Gasteiger charge is -2.28. The van der Waals surface area contributed by atoms with Gasteiger partial charge in [-0.05, 0) is 89.9 Å². The molecule has 0 saturated heterocycles. The summed E-state index contributed by atoms with van der Waals surface area (Å²) in [6.07, 6.45) is 112. The molecule has 0 N–H and O–H groups in total. The van der Waals surface area contributed by atoms with Gasteiger partial charge in [0.2, 0.25) is 0 Å². The second kappa shape index (κ2) is 80.3. The number of allylic oxidation sites excluding steroid dienone is 14. The molecule has 2 atom stereocenters. The minimum atomic E-state index is -4.65. The predicted molar refractivity (Wildman–Crippen MR) is 434 cm³/mol. The zero-order valence-electron chi connectivity index (χ0n) is 66.9. The van der Waals surface area contributed by atoms with Crippen LogP contribution in [-0.2, 0) is 32.7 Å². The third-order valence-electron chi connectivity index (χ3n) is 19.4. The van der Waals surface area contributed by atoms with Crippen LogP contribution in [-0.4, -0.2) is 70.0 Å². The van der Waals surface area contributed by atoms with E-state index in [4.69, 9.17) is 18.5 Å². The first-order chi connectivity index (χ1) is 49.0. The van der Waals surface area contributed by atoms with Gasteiger partial charge in [-0.25, -0.2) is 0 Å². The summed E-state index contributed by atoms with van der Waals surface area (Å²) in [4.78, 5) is 38.2. The zero-order valence-corrected chi connectivity index (χ0v) is 67.8. The lowest BCUT2D eigenvalue weighted by atomic mass is 10.0. The van der Waals surface area contributed by atoms with Crippen LogP contribution < -0.4 is 4.89 Å². The van der Waals surface area contributed by atoms with Crippen molar-refractivity contribution in [3.63, 3.8) is 0 Å². The molecule has 0 aromatic rings. The molecule has 0 amide bonds. The van der Waals surface area contributed by atoms with Gasteiger partial charge in [-0.3, -0.25) is 14.2 Å². The monoisotopic (exact) mass is 1420 g/mol. The summed E-state index contributed by atoms with van der Waals surface area (Å²) >= 11 is 0. The quantitative estimate of drug-likeness (QED) is 0.0195. The third-order valence-corrected chi connectivity index (χ3v) is 20.4. The maximum absolute atomic E-state index is 12.9. The van der Waals surface area contributed by atoms with Crippen molar-refractivity contribution in [1.29, 1.82) is 0 Å². The van der Waals surface area contributed by atoms with Gasteiger partial charge in [0.15, 0.2) is 6.10 Å². The van der Waals surface area contributed by atoms with Crippen molar-refractivity contribution in [2.75, 3.05) is 47.5 Å². The van der Waals surface area contributed by atoms with E-state index in [1.807, 2.05) is 21.1 Å². The number of phosphoric acid groups is 1. The SMILES string of the molecule is CC/C=C\C/C=C\C/C=C\C/C=C\CCCCCCCCCCCCCCCCCCCCCCCCC(=O)OC(COC(=O)CCCCCCCCCCCCCCCCCCCCCCCCCCCC/C=C\C/C=C\C/C=C\CCCCCCC)COP(=O)([O-])OCC[N+](C)(C)C. The Balaban J connectivity index is 3.87. The molecular weight excluding hydrogens is 1250 g/mol. The molecule has 0 aliphatic heterocycles. The van der Waals surface area contributed by atoms with Gasteiger partial charge in [0.25, 0.3) is 7.82 Å². The normalized spacial score (nSPS) is 13.4. The Morgan fingerprint density at radius 2 is 0.570 bits per heavy atom. The standard InChI is InChI=1S/C90H166NO8P/c1-6-8-10-12-14-16-18-20-22-24-26-28-30-32-34-36-38-40-42-43-44-45-46-47-49-50-52-54-56-58-60-62-64-66-68-70-72-74-76-78-80-82-89(92)96-86-88(87-98-100(94,95)97-85-84-91(3,4)5)99-90(93)83-81-79-77-75-73-71-69-67-65-63-61-59-57-55-53-51-48-41-39-37-35-33-31-29-27-25-23-21-19-17-15-13-11-9-7-2/h9,11,15,17-18,20-21,23-24,26-27,29-30,32,88H,6-8,10,12-14,16,19,22,25,28,31,33-87H2,1-5H3/b11-9-,17-15-,20-18-,23-21-,26-24-,29-27-,32-30-. The molecule has 0 aliphatic carbocycles. The summed E-state index contributed by atoms with van der Waals surface area (Å²) in [6.45, 7) is 4.18. The summed E-state index contributed by atoms with van der Waals surface area (Å²) < 4.78 is 34.5. The number of hydrogen-bond donors (Lipinski definition) is 0.